The van der Waals surface area contributed by atoms with Crippen LogP contribution in [0.1, 0.15) is 0 Å². The van der Waals surface area contributed by atoms with Gasteiger partial charge < -0.3 is 9.84 Å². The highest BCUT2D eigenvalue weighted by Gasteiger charge is 1.94. The number of esters is 1. The molecule has 64 valence electrons. The van der Waals surface area contributed by atoms with Crippen molar-refractivity contribution in [2.45, 2.75) is 0 Å². The minimum atomic E-state index is -1.18. The summed E-state index contributed by atoms with van der Waals surface area (Å²) in [5.74, 6) is -1.87. The summed E-state index contributed by atoms with van der Waals surface area (Å²) in [7, 11) is 0. The van der Waals surface area contributed by atoms with Crippen LogP contribution < -0.4 is 0 Å². The first-order valence-electron chi connectivity index (χ1n) is 2.85. The van der Waals surface area contributed by atoms with Crippen LogP contribution in [0, 0.1) is 0 Å². The molecule has 0 aliphatic heterocycles. The third-order valence-electron chi connectivity index (χ3n) is 0.705. The zero-order valence-electron chi connectivity index (χ0n) is 5.82. The number of hydrogen-bond acceptors (Lipinski definition) is 3. The van der Waals surface area contributed by atoms with Gasteiger partial charge in [0.1, 0.15) is 6.61 Å². The van der Waals surface area contributed by atoms with E-state index >= 15 is 0 Å². The number of carboxylic acid groups (broad SMARTS) is 1. The average molecular weight is 182 g/mol. The van der Waals surface area contributed by atoms with E-state index in [0.29, 0.717) is 6.08 Å². The Kier molecular flexibility index (Phi) is 9.50. The molecule has 1 N–H and O–H groups in total. The van der Waals surface area contributed by atoms with Gasteiger partial charge >= 0.3 is 35.0 Å². The average Bonchev–Trinajstić information content (AvgIpc) is 1.97. The number of rotatable bonds is 4. The number of ether oxygens (including phenoxy) is 1. The smallest absolute Gasteiger partial charge is 0.331 e. The molecule has 0 fully saturated rings. The topological polar surface area (TPSA) is 63.6 Å². The Labute approximate surface area is 86.1 Å². The fourth-order valence-corrected chi connectivity index (χ4v) is 0.329. The van der Waals surface area contributed by atoms with Crippen molar-refractivity contribution in [3.8, 4) is 0 Å². The summed E-state index contributed by atoms with van der Waals surface area (Å²) in [6, 6.07) is 0. The van der Waals surface area contributed by atoms with Crippen LogP contribution in [0.4, 0.5) is 0 Å². The predicted octanol–water partition coefficient (Wildman–Crippen LogP) is -0.560. The molecule has 0 bridgehead atoms. The normalized spacial score (nSPS) is 8.67. The number of carbonyl (C=O) groups is 2. The maximum Gasteiger partial charge on any atom is 0.331 e. The van der Waals surface area contributed by atoms with Crippen LogP contribution in [0.3, 0.4) is 0 Å². The largest absolute Gasteiger partial charge is 0.478 e. The summed E-state index contributed by atoms with van der Waals surface area (Å²) in [5, 5.41) is 8.07. The lowest BCUT2D eigenvalue weighted by atomic mass is 10.5. The predicted molar refractivity (Wildman–Crippen MR) is 46.5 cm³/mol. The number of aliphatic carboxylic acids is 1. The summed E-state index contributed by atoms with van der Waals surface area (Å²) < 4.78 is 4.43. The molecule has 0 aromatic heterocycles. The fraction of sp³-hybridized carbons (Fsp3) is 0.143. The lowest BCUT2D eigenvalue weighted by Gasteiger charge is -1.93. The number of hydrogen-bond donors (Lipinski definition) is 1. The summed E-state index contributed by atoms with van der Waals surface area (Å²) in [4.78, 5) is 20.3. The molecule has 0 amide bonds. The van der Waals surface area contributed by atoms with E-state index in [9.17, 15) is 9.59 Å². The van der Waals surface area contributed by atoms with Crippen LogP contribution in [-0.4, -0.2) is 46.7 Å². The van der Waals surface area contributed by atoms with E-state index in [0.717, 1.165) is 6.08 Å². The first-order valence-corrected chi connectivity index (χ1v) is 2.85. The van der Waals surface area contributed by atoms with E-state index < -0.39 is 11.9 Å². The first kappa shape index (κ1) is 13.8. The molecule has 0 heterocycles. The Hall–Kier alpha value is -0.814. The van der Waals surface area contributed by atoms with Gasteiger partial charge in [0.15, 0.2) is 0 Å². The molecule has 0 atom stereocenters. The monoisotopic (exact) mass is 182 g/mol. The third-order valence-corrected chi connectivity index (χ3v) is 0.705. The van der Waals surface area contributed by atoms with Crippen LogP contribution in [0.25, 0.3) is 0 Å². The van der Waals surface area contributed by atoms with Crippen molar-refractivity contribution in [3.05, 3.63) is 24.8 Å². The van der Waals surface area contributed by atoms with Crippen molar-refractivity contribution in [2.75, 3.05) is 6.61 Å². The Morgan fingerprint density at radius 3 is 2.42 bits per heavy atom. The molecule has 0 aromatic rings. The second-order valence-electron chi connectivity index (χ2n) is 1.59. The van der Waals surface area contributed by atoms with Crippen molar-refractivity contribution >= 4 is 35.0 Å². The highest BCUT2D eigenvalue weighted by molar-refractivity contribution is 5.90. The fourth-order valence-electron chi connectivity index (χ4n) is 0.329. The van der Waals surface area contributed by atoms with Crippen molar-refractivity contribution < 1.29 is 19.4 Å². The van der Waals surface area contributed by atoms with Crippen LogP contribution in [-0.2, 0) is 14.3 Å². The molecule has 0 saturated carbocycles. The molecule has 0 rings (SSSR count). The quantitative estimate of drug-likeness (QED) is 0.274. The van der Waals surface area contributed by atoms with Gasteiger partial charge in [-0.2, -0.15) is 0 Å². The Morgan fingerprint density at radius 1 is 1.42 bits per heavy atom. The van der Waals surface area contributed by atoms with Crippen LogP contribution in [0.2, 0.25) is 0 Å². The second-order valence-corrected chi connectivity index (χ2v) is 1.59. The van der Waals surface area contributed by atoms with Crippen molar-refractivity contribution in [1.29, 1.82) is 0 Å². The molecule has 0 saturated heterocycles. The van der Waals surface area contributed by atoms with Gasteiger partial charge in [0, 0.05) is 12.2 Å². The molecule has 5 heteroatoms. The van der Waals surface area contributed by atoms with Gasteiger partial charge in [-0.05, 0) is 0 Å². The van der Waals surface area contributed by atoms with E-state index in [4.69, 9.17) is 5.11 Å². The summed E-state index contributed by atoms with van der Waals surface area (Å²) in [6.45, 7) is 3.40. The van der Waals surface area contributed by atoms with Crippen molar-refractivity contribution in [1.82, 2.24) is 0 Å². The molecule has 4 nitrogen and oxygen atoms in total. The van der Waals surface area contributed by atoms with E-state index in [1.807, 2.05) is 0 Å². The lowest BCUT2D eigenvalue weighted by molar-refractivity contribution is -0.137. The van der Waals surface area contributed by atoms with E-state index in [1.54, 1.807) is 0 Å². The highest BCUT2D eigenvalue weighted by atomic mass is 24.3. The zero-order valence-corrected chi connectivity index (χ0v) is 5.82. The van der Waals surface area contributed by atoms with Crippen LogP contribution in [0.5, 0.6) is 0 Å². The molecular weight excluding hydrogens is 172 g/mol. The van der Waals surface area contributed by atoms with Crippen LogP contribution >= 0.6 is 0 Å². The molecular formula is C7H10MgO4. The molecule has 0 aliphatic carbocycles. The Balaban J connectivity index is 0. The maximum atomic E-state index is 10.5. The summed E-state index contributed by atoms with van der Waals surface area (Å²) in [6.07, 6.45) is 2.95. The number of carboxylic acids is 1. The molecule has 0 radical (unpaired) electrons. The van der Waals surface area contributed by atoms with E-state index in [1.165, 1.54) is 6.08 Å². The van der Waals surface area contributed by atoms with E-state index in [2.05, 4.69) is 11.3 Å². The first-order chi connectivity index (χ1) is 5.16. The molecule has 0 spiro atoms. The molecule has 0 unspecified atom stereocenters. The summed E-state index contributed by atoms with van der Waals surface area (Å²) in [5.41, 5.74) is 0. The minimum absolute atomic E-state index is 0. The van der Waals surface area contributed by atoms with Gasteiger partial charge in [-0.1, -0.05) is 12.7 Å². The van der Waals surface area contributed by atoms with Crippen molar-refractivity contribution in [3.63, 3.8) is 0 Å². The van der Waals surface area contributed by atoms with Crippen molar-refractivity contribution in [2.24, 2.45) is 0 Å². The minimum Gasteiger partial charge on any atom is -0.478 e. The second kappa shape index (κ2) is 8.28. The third kappa shape index (κ3) is 9.19. The van der Waals surface area contributed by atoms with Gasteiger partial charge in [0.2, 0.25) is 0 Å². The summed E-state index contributed by atoms with van der Waals surface area (Å²) >= 11 is 0. The Morgan fingerprint density at radius 2 is 2.00 bits per heavy atom. The van der Waals surface area contributed by atoms with Gasteiger partial charge in [0.25, 0.3) is 0 Å². The van der Waals surface area contributed by atoms with Gasteiger partial charge in [-0.15, -0.1) is 0 Å². The maximum absolute atomic E-state index is 10.5. The zero-order chi connectivity index (χ0) is 8.69. The van der Waals surface area contributed by atoms with E-state index in [-0.39, 0.29) is 29.7 Å². The SMILES string of the molecule is C=CCOC(=O)C=CC(=O)O.[MgH2]. The molecule has 0 aromatic carbocycles. The van der Waals surface area contributed by atoms with Gasteiger partial charge in [0.05, 0.1) is 0 Å². The van der Waals surface area contributed by atoms with Gasteiger partial charge in [-0.25, -0.2) is 9.59 Å². The lowest BCUT2D eigenvalue weighted by Crippen LogP contribution is -2.01. The highest BCUT2D eigenvalue weighted by Crippen LogP contribution is 1.81. The standard InChI is InChI=1S/C7H8O4.Mg.2H/c1-2-5-11-7(10)4-3-6(8)9;;;/h2-4H,1,5H2,(H,8,9);;;. The Bertz CT molecular complexity index is 198. The van der Waals surface area contributed by atoms with Crippen LogP contribution in [0.15, 0.2) is 24.8 Å². The molecule has 0 aliphatic rings. The molecule has 12 heavy (non-hydrogen) atoms. The van der Waals surface area contributed by atoms with Gasteiger partial charge in [-0.3, -0.25) is 0 Å². The number of carbonyl (C=O) groups excluding carboxylic acids is 1.